The zero-order valence-electron chi connectivity index (χ0n) is 14.3. The lowest BCUT2D eigenvalue weighted by Gasteiger charge is -2.50. The average Bonchev–Trinajstić information content (AvgIpc) is 2.58. The van der Waals surface area contributed by atoms with Crippen molar-refractivity contribution in [3.8, 4) is 0 Å². The number of amides is 3. The van der Waals surface area contributed by atoms with Gasteiger partial charge in [0.2, 0.25) is 11.8 Å². The van der Waals surface area contributed by atoms with E-state index in [9.17, 15) is 27.6 Å². The van der Waals surface area contributed by atoms with Crippen LogP contribution in [0.4, 0.5) is 13.2 Å². The highest BCUT2D eigenvalue weighted by Gasteiger charge is 2.46. The number of likely N-dealkylation sites (N-methyl/N-ethyl adjacent to an activating group) is 1. The number of carbonyl (C=O) groups is 3. The summed E-state index contributed by atoms with van der Waals surface area (Å²) in [6.45, 7) is 1.94. The summed E-state index contributed by atoms with van der Waals surface area (Å²) in [5.41, 5.74) is -0.722. The van der Waals surface area contributed by atoms with Crippen LogP contribution in [0.25, 0.3) is 0 Å². The quantitative estimate of drug-likeness (QED) is 0.755. The molecule has 9 heteroatoms. The zero-order valence-corrected chi connectivity index (χ0v) is 14.3. The molecule has 2 aliphatic heterocycles. The Hall–Kier alpha value is -2.58. The van der Waals surface area contributed by atoms with Gasteiger partial charge in [-0.3, -0.25) is 14.4 Å². The fraction of sp³-hybridized carbons (Fsp3) is 0.471. The molecule has 0 aromatic heterocycles. The molecule has 0 saturated carbocycles. The van der Waals surface area contributed by atoms with E-state index in [-0.39, 0.29) is 36.9 Å². The molecule has 2 unspecified atom stereocenters. The molecule has 3 rings (SSSR count). The van der Waals surface area contributed by atoms with Crippen LogP contribution in [0.1, 0.15) is 29.3 Å². The Bertz CT molecular complexity index is 748. The zero-order chi connectivity index (χ0) is 19.2. The second-order valence-corrected chi connectivity index (χ2v) is 6.50. The van der Waals surface area contributed by atoms with Gasteiger partial charge in [-0.2, -0.15) is 13.2 Å². The van der Waals surface area contributed by atoms with E-state index in [0.717, 1.165) is 24.3 Å². The van der Waals surface area contributed by atoms with Gasteiger partial charge in [-0.1, -0.05) is 0 Å². The van der Waals surface area contributed by atoms with Gasteiger partial charge in [-0.05, 0) is 31.2 Å². The molecule has 0 radical (unpaired) electrons. The number of alkyl halides is 3. The number of halogens is 3. The number of hydrogen-bond acceptors (Lipinski definition) is 3. The van der Waals surface area contributed by atoms with E-state index in [2.05, 4.69) is 0 Å². The SMILES string of the molecule is CC1C(=O)N(C)CC2N(C(=O)c3ccc(C(F)(F)F)cc3)CCC(=O)N12. The minimum Gasteiger partial charge on any atom is -0.340 e. The highest BCUT2D eigenvalue weighted by atomic mass is 19.4. The van der Waals surface area contributed by atoms with Crippen molar-refractivity contribution in [1.82, 2.24) is 14.7 Å². The smallest absolute Gasteiger partial charge is 0.340 e. The molecule has 26 heavy (non-hydrogen) atoms. The number of hydrogen-bond donors (Lipinski definition) is 0. The van der Waals surface area contributed by atoms with Crippen molar-refractivity contribution in [1.29, 1.82) is 0 Å². The van der Waals surface area contributed by atoms with Crippen molar-refractivity contribution in [2.24, 2.45) is 0 Å². The summed E-state index contributed by atoms with van der Waals surface area (Å²) < 4.78 is 38.1. The van der Waals surface area contributed by atoms with Crippen LogP contribution in [0.3, 0.4) is 0 Å². The lowest BCUT2D eigenvalue weighted by molar-refractivity contribution is -0.164. The van der Waals surface area contributed by atoms with Crippen LogP contribution < -0.4 is 0 Å². The average molecular weight is 369 g/mol. The predicted octanol–water partition coefficient (Wildman–Crippen LogP) is 1.57. The van der Waals surface area contributed by atoms with Gasteiger partial charge in [0, 0.05) is 25.6 Å². The molecule has 2 aliphatic rings. The monoisotopic (exact) mass is 369 g/mol. The maximum Gasteiger partial charge on any atom is 0.416 e. The predicted molar refractivity (Wildman–Crippen MR) is 84.8 cm³/mol. The summed E-state index contributed by atoms with van der Waals surface area (Å²) in [5, 5.41) is 0. The van der Waals surface area contributed by atoms with Crippen LogP contribution in [-0.2, 0) is 15.8 Å². The first kappa shape index (κ1) is 18.2. The molecule has 140 valence electrons. The third-order valence-corrected chi connectivity index (χ3v) is 4.84. The fourth-order valence-corrected chi connectivity index (χ4v) is 3.45. The molecule has 2 heterocycles. The van der Waals surface area contributed by atoms with Crippen molar-refractivity contribution in [2.75, 3.05) is 20.1 Å². The van der Waals surface area contributed by atoms with Gasteiger partial charge >= 0.3 is 6.18 Å². The summed E-state index contributed by atoms with van der Waals surface area (Å²) in [4.78, 5) is 41.5. The van der Waals surface area contributed by atoms with Gasteiger partial charge in [-0.15, -0.1) is 0 Å². The lowest BCUT2D eigenvalue weighted by Crippen LogP contribution is -2.70. The highest BCUT2D eigenvalue weighted by Crippen LogP contribution is 2.30. The van der Waals surface area contributed by atoms with Gasteiger partial charge in [0.05, 0.1) is 12.1 Å². The molecule has 0 aliphatic carbocycles. The molecule has 1 aromatic rings. The minimum atomic E-state index is -4.47. The Morgan fingerprint density at radius 1 is 1.15 bits per heavy atom. The standard InChI is InChI=1S/C17H18F3N3O3/c1-10-15(25)21(2)9-13-22(8-7-14(24)23(10)13)16(26)11-3-5-12(6-4-11)17(18,19)20/h3-6,10,13H,7-9H2,1-2H3. The Morgan fingerprint density at radius 2 is 1.77 bits per heavy atom. The third-order valence-electron chi connectivity index (χ3n) is 4.84. The van der Waals surface area contributed by atoms with E-state index in [1.165, 1.54) is 14.7 Å². The van der Waals surface area contributed by atoms with E-state index in [0.29, 0.717) is 0 Å². The second-order valence-electron chi connectivity index (χ2n) is 6.50. The first-order valence-corrected chi connectivity index (χ1v) is 8.15. The maximum atomic E-state index is 12.8. The molecule has 2 fully saturated rings. The topological polar surface area (TPSA) is 60.9 Å². The molecule has 2 saturated heterocycles. The summed E-state index contributed by atoms with van der Waals surface area (Å²) in [7, 11) is 1.59. The van der Waals surface area contributed by atoms with Crippen LogP contribution in [0.2, 0.25) is 0 Å². The summed E-state index contributed by atoms with van der Waals surface area (Å²) in [5.74, 6) is -0.880. The highest BCUT2D eigenvalue weighted by molar-refractivity contribution is 5.96. The number of rotatable bonds is 1. The summed E-state index contributed by atoms with van der Waals surface area (Å²) in [6, 6.07) is 3.30. The van der Waals surface area contributed by atoms with Gasteiger partial charge in [-0.25, -0.2) is 0 Å². The number of nitrogens with zero attached hydrogens (tertiary/aromatic N) is 3. The number of benzene rings is 1. The summed E-state index contributed by atoms with van der Waals surface area (Å²) in [6.07, 6.45) is -5.02. The molecular formula is C17H18F3N3O3. The normalized spacial score (nSPS) is 24.0. The fourth-order valence-electron chi connectivity index (χ4n) is 3.45. The van der Waals surface area contributed by atoms with E-state index >= 15 is 0 Å². The summed E-state index contributed by atoms with van der Waals surface area (Å²) >= 11 is 0. The van der Waals surface area contributed by atoms with E-state index < -0.39 is 29.9 Å². The molecule has 1 aromatic carbocycles. The van der Waals surface area contributed by atoms with Crippen molar-refractivity contribution in [2.45, 2.75) is 31.7 Å². The number of carbonyl (C=O) groups excluding carboxylic acids is 3. The van der Waals surface area contributed by atoms with Gasteiger partial charge in [0.15, 0.2) is 0 Å². The first-order chi connectivity index (χ1) is 12.1. The Kier molecular flexibility index (Phi) is 4.41. The van der Waals surface area contributed by atoms with Crippen LogP contribution in [0, 0.1) is 0 Å². The van der Waals surface area contributed by atoms with Crippen LogP contribution in [-0.4, -0.2) is 64.8 Å². The molecule has 6 nitrogen and oxygen atoms in total. The molecule has 0 bridgehead atoms. The van der Waals surface area contributed by atoms with E-state index in [4.69, 9.17) is 0 Å². The van der Waals surface area contributed by atoms with Crippen molar-refractivity contribution in [3.05, 3.63) is 35.4 Å². The molecule has 2 atom stereocenters. The van der Waals surface area contributed by atoms with E-state index in [1.807, 2.05) is 0 Å². The number of piperazine rings is 1. The Labute approximate surface area is 148 Å². The Morgan fingerprint density at radius 3 is 2.35 bits per heavy atom. The third kappa shape index (κ3) is 3.02. The van der Waals surface area contributed by atoms with Crippen molar-refractivity contribution < 1.29 is 27.6 Å². The molecule has 0 spiro atoms. The van der Waals surface area contributed by atoms with E-state index in [1.54, 1.807) is 14.0 Å². The van der Waals surface area contributed by atoms with Crippen LogP contribution >= 0.6 is 0 Å². The number of fused-ring (bicyclic) bond motifs is 1. The molecule has 0 N–H and O–H groups in total. The molecule has 3 amide bonds. The van der Waals surface area contributed by atoms with Crippen molar-refractivity contribution in [3.63, 3.8) is 0 Å². The lowest BCUT2D eigenvalue weighted by atomic mass is 10.0. The van der Waals surface area contributed by atoms with Crippen LogP contribution in [0.15, 0.2) is 24.3 Å². The van der Waals surface area contributed by atoms with Crippen LogP contribution in [0.5, 0.6) is 0 Å². The minimum absolute atomic E-state index is 0.0736. The first-order valence-electron chi connectivity index (χ1n) is 8.15. The Balaban J connectivity index is 1.87. The molecular weight excluding hydrogens is 351 g/mol. The largest absolute Gasteiger partial charge is 0.416 e. The maximum absolute atomic E-state index is 12.8. The van der Waals surface area contributed by atoms with Gasteiger partial charge in [0.25, 0.3) is 5.91 Å². The van der Waals surface area contributed by atoms with Gasteiger partial charge in [0.1, 0.15) is 12.2 Å². The van der Waals surface area contributed by atoms with Gasteiger partial charge < -0.3 is 14.7 Å². The van der Waals surface area contributed by atoms with Crippen molar-refractivity contribution >= 4 is 17.7 Å². The second kappa shape index (κ2) is 6.30.